The molecule has 2 aliphatic rings. The van der Waals surface area contributed by atoms with Gasteiger partial charge in [-0.15, -0.1) is 13.2 Å². The van der Waals surface area contributed by atoms with E-state index in [4.69, 9.17) is 4.74 Å². The lowest BCUT2D eigenvalue weighted by Crippen LogP contribution is -2.25. The first-order valence-corrected chi connectivity index (χ1v) is 11.2. The van der Waals surface area contributed by atoms with Crippen LogP contribution in [0, 0.1) is 23.7 Å². The summed E-state index contributed by atoms with van der Waals surface area (Å²) in [6, 6.07) is 9.01. The lowest BCUT2D eigenvalue weighted by molar-refractivity contribution is 0.149. The molecule has 148 valence electrons. The summed E-state index contributed by atoms with van der Waals surface area (Å²) in [6.45, 7) is 8.98. The summed E-state index contributed by atoms with van der Waals surface area (Å²) in [7, 11) is 0. The van der Waals surface area contributed by atoms with Crippen molar-refractivity contribution in [2.24, 2.45) is 23.7 Å². The third-order valence-corrected chi connectivity index (χ3v) is 7.08. The summed E-state index contributed by atoms with van der Waals surface area (Å²) in [4.78, 5) is 0. The van der Waals surface area contributed by atoms with Crippen LogP contribution in [0.1, 0.15) is 68.9 Å². The number of hydrogen-bond acceptors (Lipinski definition) is 1. The van der Waals surface area contributed by atoms with Crippen LogP contribution in [0.4, 0.5) is 0 Å². The maximum atomic E-state index is 5.51. The minimum Gasteiger partial charge on any atom is -0.373 e. The molecule has 0 atom stereocenters. The molecule has 1 heteroatoms. The highest BCUT2D eigenvalue weighted by Crippen LogP contribution is 2.42. The van der Waals surface area contributed by atoms with Crippen molar-refractivity contribution in [3.63, 3.8) is 0 Å². The van der Waals surface area contributed by atoms with Gasteiger partial charge in [-0.1, -0.05) is 49.3 Å². The SMILES string of the molecule is C=CCOCc1ccc(CC[C@H]2CC[C@H]([C@H]3CC[C@H](C=C)CC3)CC2)cc1. The molecule has 2 saturated carbocycles. The molecule has 0 bridgehead atoms. The third kappa shape index (κ3) is 6.35. The zero-order valence-electron chi connectivity index (χ0n) is 17.1. The first kappa shape index (κ1) is 20.4. The first-order valence-electron chi connectivity index (χ1n) is 11.2. The van der Waals surface area contributed by atoms with Crippen LogP contribution in [0.25, 0.3) is 0 Å². The Balaban J connectivity index is 1.34. The lowest BCUT2D eigenvalue weighted by atomic mass is 9.68. The first-order chi connectivity index (χ1) is 13.3. The maximum Gasteiger partial charge on any atom is 0.0721 e. The van der Waals surface area contributed by atoms with Crippen molar-refractivity contribution in [2.45, 2.75) is 70.8 Å². The zero-order chi connectivity index (χ0) is 18.9. The van der Waals surface area contributed by atoms with E-state index in [9.17, 15) is 0 Å². The summed E-state index contributed by atoms with van der Waals surface area (Å²) in [6.07, 6.45) is 18.1. The largest absolute Gasteiger partial charge is 0.373 e. The molecule has 0 aromatic heterocycles. The molecule has 0 heterocycles. The van der Waals surface area contributed by atoms with Crippen molar-refractivity contribution in [2.75, 3.05) is 6.61 Å². The summed E-state index contributed by atoms with van der Waals surface area (Å²) >= 11 is 0. The van der Waals surface area contributed by atoms with Crippen molar-refractivity contribution in [1.29, 1.82) is 0 Å². The van der Waals surface area contributed by atoms with Crippen molar-refractivity contribution in [3.8, 4) is 0 Å². The van der Waals surface area contributed by atoms with Gasteiger partial charge in [0.05, 0.1) is 13.2 Å². The molecule has 1 nitrogen and oxygen atoms in total. The van der Waals surface area contributed by atoms with Gasteiger partial charge in [-0.05, 0) is 86.2 Å². The van der Waals surface area contributed by atoms with Crippen LogP contribution in [0.2, 0.25) is 0 Å². The van der Waals surface area contributed by atoms with Crippen molar-refractivity contribution < 1.29 is 4.74 Å². The minimum atomic E-state index is 0.625. The Hall–Kier alpha value is -1.34. The Morgan fingerprint density at radius 2 is 1.41 bits per heavy atom. The van der Waals surface area contributed by atoms with Gasteiger partial charge in [0.1, 0.15) is 0 Å². The molecule has 1 aromatic rings. The quantitative estimate of drug-likeness (QED) is 0.334. The summed E-state index contributed by atoms with van der Waals surface area (Å²) < 4.78 is 5.51. The Morgan fingerprint density at radius 1 is 0.815 bits per heavy atom. The van der Waals surface area contributed by atoms with Gasteiger partial charge in [0.2, 0.25) is 0 Å². The second-order valence-electron chi connectivity index (χ2n) is 8.85. The molecule has 0 saturated heterocycles. The lowest BCUT2D eigenvalue weighted by Gasteiger charge is -2.37. The van der Waals surface area contributed by atoms with Gasteiger partial charge < -0.3 is 4.74 Å². The molecule has 2 fully saturated rings. The molecule has 0 unspecified atom stereocenters. The monoisotopic (exact) mass is 366 g/mol. The number of hydrogen-bond donors (Lipinski definition) is 0. The summed E-state index contributed by atoms with van der Waals surface area (Å²) in [5.41, 5.74) is 2.74. The third-order valence-electron chi connectivity index (χ3n) is 7.08. The molecular formula is C26H38O. The van der Waals surface area contributed by atoms with E-state index in [0.29, 0.717) is 13.2 Å². The summed E-state index contributed by atoms with van der Waals surface area (Å²) in [5, 5.41) is 0. The van der Waals surface area contributed by atoms with Gasteiger partial charge in [-0.3, -0.25) is 0 Å². The van der Waals surface area contributed by atoms with Gasteiger partial charge in [0.25, 0.3) is 0 Å². The number of ether oxygens (including phenoxy) is 1. The van der Waals surface area contributed by atoms with Crippen molar-refractivity contribution in [1.82, 2.24) is 0 Å². The Labute approximate surface area is 166 Å². The number of allylic oxidation sites excluding steroid dienone is 1. The number of rotatable bonds is 9. The van der Waals surface area contributed by atoms with E-state index in [1.807, 2.05) is 0 Å². The molecule has 0 radical (unpaired) electrons. The number of benzene rings is 1. The fourth-order valence-corrected chi connectivity index (χ4v) is 5.23. The molecule has 0 spiro atoms. The van der Waals surface area contributed by atoms with Crippen molar-refractivity contribution >= 4 is 0 Å². The van der Waals surface area contributed by atoms with E-state index in [1.165, 1.54) is 75.3 Å². The van der Waals surface area contributed by atoms with Crippen LogP contribution in [-0.2, 0) is 17.8 Å². The minimum absolute atomic E-state index is 0.625. The smallest absolute Gasteiger partial charge is 0.0721 e. The predicted octanol–water partition coefficient (Wildman–Crippen LogP) is 7.12. The van der Waals surface area contributed by atoms with Gasteiger partial charge in [-0.2, -0.15) is 0 Å². The van der Waals surface area contributed by atoms with Crippen LogP contribution < -0.4 is 0 Å². The topological polar surface area (TPSA) is 9.23 Å². The highest BCUT2D eigenvalue weighted by atomic mass is 16.5. The Kier molecular flexibility index (Phi) is 8.20. The van der Waals surface area contributed by atoms with E-state index >= 15 is 0 Å². The Bertz CT molecular complexity index is 556. The molecule has 27 heavy (non-hydrogen) atoms. The van der Waals surface area contributed by atoms with Gasteiger partial charge in [-0.25, -0.2) is 0 Å². The van der Waals surface area contributed by atoms with Gasteiger partial charge in [0, 0.05) is 0 Å². The molecule has 1 aromatic carbocycles. The predicted molar refractivity (Wildman–Crippen MR) is 116 cm³/mol. The highest BCUT2D eigenvalue weighted by molar-refractivity contribution is 5.22. The van der Waals surface area contributed by atoms with E-state index < -0.39 is 0 Å². The second kappa shape index (κ2) is 10.9. The molecule has 0 aliphatic heterocycles. The van der Waals surface area contributed by atoms with E-state index in [-0.39, 0.29) is 0 Å². The normalized spacial score (nSPS) is 28.6. The maximum absolute atomic E-state index is 5.51. The molecule has 3 rings (SSSR count). The second-order valence-corrected chi connectivity index (χ2v) is 8.85. The molecular weight excluding hydrogens is 328 g/mol. The highest BCUT2D eigenvalue weighted by Gasteiger charge is 2.30. The molecule has 0 N–H and O–H groups in total. The number of aryl methyl sites for hydroxylation is 1. The average Bonchev–Trinajstić information content (AvgIpc) is 2.74. The van der Waals surface area contributed by atoms with E-state index in [0.717, 1.165) is 23.7 Å². The van der Waals surface area contributed by atoms with Gasteiger partial charge >= 0.3 is 0 Å². The van der Waals surface area contributed by atoms with Crippen LogP contribution in [0.15, 0.2) is 49.6 Å². The van der Waals surface area contributed by atoms with E-state index in [2.05, 4.69) is 43.5 Å². The Morgan fingerprint density at radius 3 is 2.00 bits per heavy atom. The van der Waals surface area contributed by atoms with Crippen LogP contribution >= 0.6 is 0 Å². The fraction of sp³-hybridized carbons (Fsp3) is 0.615. The van der Waals surface area contributed by atoms with Crippen LogP contribution in [0.5, 0.6) is 0 Å². The van der Waals surface area contributed by atoms with Crippen molar-refractivity contribution in [3.05, 3.63) is 60.7 Å². The fourth-order valence-electron chi connectivity index (χ4n) is 5.23. The van der Waals surface area contributed by atoms with E-state index in [1.54, 1.807) is 6.08 Å². The summed E-state index contributed by atoms with van der Waals surface area (Å²) in [5.74, 6) is 3.78. The van der Waals surface area contributed by atoms with Crippen LogP contribution in [-0.4, -0.2) is 6.61 Å². The average molecular weight is 367 g/mol. The zero-order valence-corrected chi connectivity index (χ0v) is 17.1. The molecule has 0 amide bonds. The standard InChI is InChI=1S/C26H38O/c1-3-19-27-20-24-9-7-22(8-10-24)5-6-23-13-17-26(18-14-23)25-15-11-21(4-2)12-16-25/h3-4,7-10,21,23,25-26H,1-2,5-6,11-20H2/t21-,23-,25-,26-. The van der Waals surface area contributed by atoms with Crippen LogP contribution in [0.3, 0.4) is 0 Å². The van der Waals surface area contributed by atoms with Gasteiger partial charge in [0.15, 0.2) is 0 Å². The molecule has 2 aliphatic carbocycles.